The van der Waals surface area contributed by atoms with E-state index in [1.165, 1.54) is 12.7 Å². The number of hydrogen-bond acceptors (Lipinski definition) is 3. The minimum atomic E-state index is -0.0669. The number of likely N-dealkylation sites (tertiary alicyclic amines) is 1. The van der Waals surface area contributed by atoms with Crippen molar-refractivity contribution in [3.63, 3.8) is 0 Å². The Bertz CT molecular complexity index is 364. The summed E-state index contributed by atoms with van der Waals surface area (Å²) in [6.07, 6.45) is 2.03. The Kier molecular flexibility index (Phi) is 4.15. The van der Waals surface area contributed by atoms with Crippen molar-refractivity contribution in [3.05, 3.63) is 35.9 Å². The van der Waals surface area contributed by atoms with Gasteiger partial charge in [0.2, 0.25) is 0 Å². The molecule has 1 aromatic rings. The molecule has 0 radical (unpaired) electrons. The summed E-state index contributed by atoms with van der Waals surface area (Å²) in [6, 6.07) is 10.4. The topological polar surface area (TPSA) is 29.5 Å². The van der Waals surface area contributed by atoms with E-state index < -0.39 is 0 Å². The quantitative estimate of drug-likeness (QED) is 0.749. The van der Waals surface area contributed by atoms with Crippen LogP contribution in [0.4, 0.5) is 0 Å². The number of ether oxygens (including phenoxy) is 1. The van der Waals surface area contributed by atoms with Crippen molar-refractivity contribution >= 4 is 5.97 Å². The highest BCUT2D eigenvalue weighted by Crippen LogP contribution is 2.19. The fourth-order valence-electron chi connectivity index (χ4n) is 2.40. The summed E-state index contributed by atoms with van der Waals surface area (Å²) in [5.74, 6) is -0.0137. The minimum absolute atomic E-state index is 0.0532. The third kappa shape index (κ3) is 3.30. The van der Waals surface area contributed by atoms with Crippen LogP contribution in [0.5, 0.6) is 0 Å². The molecule has 1 unspecified atom stereocenters. The van der Waals surface area contributed by atoms with Crippen molar-refractivity contribution in [2.24, 2.45) is 5.92 Å². The zero-order chi connectivity index (χ0) is 12.1. The van der Waals surface area contributed by atoms with Crippen molar-refractivity contribution in [2.45, 2.75) is 19.4 Å². The molecule has 0 N–H and O–H groups in total. The summed E-state index contributed by atoms with van der Waals surface area (Å²) in [5, 5.41) is 0. The number of esters is 1. The molecule has 92 valence electrons. The summed E-state index contributed by atoms with van der Waals surface area (Å²) in [6.45, 7) is 2.82. The van der Waals surface area contributed by atoms with E-state index in [2.05, 4.69) is 29.2 Å². The average molecular weight is 233 g/mol. The smallest absolute Gasteiger partial charge is 0.309 e. The molecule has 1 atom stereocenters. The maximum absolute atomic E-state index is 11.5. The summed E-state index contributed by atoms with van der Waals surface area (Å²) in [5.41, 5.74) is 1.30. The highest BCUT2D eigenvalue weighted by atomic mass is 16.5. The van der Waals surface area contributed by atoms with Crippen LogP contribution >= 0.6 is 0 Å². The number of methoxy groups -OCH3 is 1. The second kappa shape index (κ2) is 5.82. The number of piperidine rings is 1. The van der Waals surface area contributed by atoms with E-state index in [0.717, 1.165) is 32.5 Å². The van der Waals surface area contributed by atoms with Gasteiger partial charge in [0.25, 0.3) is 0 Å². The Morgan fingerprint density at radius 3 is 2.88 bits per heavy atom. The SMILES string of the molecule is COC(=O)C1CCCN(Cc2ccccc2)C1. The molecule has 1 fully saturated rings. The molecule has 3 nitrogen and oxygen atoms in total. The molecule has 0 spiro atoms. The van der Waals surface area contributed by atoms with Crippen molar-refractivity contribution in [2.75, 3.05) is 20.2 Å². The lowest BCUT2D eigenvalue weighted by molar-refractivity contribution is -0.147. The lowest BCUT2D eigenvalue weighted by atomic mass is 9.98. The van der Waals surface area contributed by atoms with Gasteiger partial charge < -0.3 is 4.74 Å². The normalized spacial score (nSPS) is 21.1. The monoisotopic (exact) mass is 233 g/mol. The third-order valence-electron chi connectivity index (χ3n) is 3.29. The number of nitrogens with zero attached hydrogens (tertiary/aromatic N) is 1. The Hall–Kier alpha value is -1.35. The van der Waals surface area contributed by atoms with Gasteiger partial charge >= 0.3 is 5.97 Å². The third-order valence-corrected chi connectivity index (χ3v) is 3.29. The van der Waals surface area contributed by atoms with Crippen molar-refractivity contribution in [3.8, 4) is 0 Å². The molecule has 0 amide bonds. The molecule has 1 aliphatic heterocycles. The maximum atomic E-state index is 11.5. The van der Waals surface area contributed by atoms with Gasteiger partial charge in [-0.3, -0.25) is 9.69 Å². The first-order valence-electron chi connectivity index (χ1n) is 6.13. The van der Waals surface area contributed by atoms with Gasteiger partial charge in [0, 0.05) is 13.1 Å². The molecular formula is C14H19NO2. The summed E-state index contributed by atoms with van der Waals surface area (Å²) in [7, 11) is 1.47. The van der Waals surface area contributed by atoms with Crippen LogP contribution < -0.4 is 0 Å². The minimum Gasteiger partial charge on any atom is -0.469 e. The molecule has 1 heterocycles. The van der Waals surface area contributed by atoms with E-state index in [9.17, 15) is 4.79 Å². The van der Waals surface area contributed by atoms with Crippen LogP contribution in [-0.4, -0.2) is 31.1 Å². The van der Waals surface area contributed by atoms with Crippen LogP contribution in [-0.2, 0) is 16.1 Å². The highest BCUT2D eigenvalue weighted by molar-refractivity contribution is 5.72. The molecule has 0 saturated carbocycles. The molecule has 1 aromatic carbocycles. The maximum Gasteiger partial charge on any atom is 0.309 e. The molecule has 0 aromatic heterocycles. The summed E-state index contributed by atoms with van der Waals surface area (Å²) < 4.78 is 4.82. The van der Waals surface area contributed by atoms with Crippen molar-refractivity contribution in [1.82, 2.24) is 4.90 Å². The number of rotatable bonds is 3. The lowest BCUT2D eigenvalue weighted by Crippen LogP contribution is -2.38. The van der Waals surface area contributed by atoms with Crippen LogP contribution in [0, 0.1) is 5.92 Å². The van der Waals surface area contributed by atoms with Crippen LogP contribution in [0.3, 0.4) is 0 Å². The Labute approximate surface area is 102 Å². The van der Waals surface area contributed by atoms with Gasteiger partial charge in [0.15, 0.2) is 0 Å². The van der Waals surface area contributed by atoms with Gasteiger partial charge in [0.05, 0.1) is 13.0 Å². The Morgan fingerprint density at radius 2 is 2.18 bits per heavy atom. The number of benzene rings is 1. The van der Waals surface area contributed by atoms with Gasteiger partial charge in [-0.15, -0.1) is 0 Å². The standard InChI is InChI=1S/C14H19NO2/c1-17-14(16)13-8-5-9-15(11-13)10-12-6-3-2-4-7-12/h2-4,6-7,13H,5,8-11H2,1H3. The van der Waals surface area contributed by atoms with Gasteiger partial charge in [0.1, 0.15) is 0 Å². The lowest BCUT2D eigenvalue weighted by Gasteiger charge is -2.31. The van der Waals surface area contributed by atoms with E-state index in [1.807, 2.05) is 6.07 Å². The zero-order valence-corrected chi connectivity index (χ0v) is 10.3. The first-order chi connectivity index (χ1) is 8.29. The van der Waals surface area contributed by atoms with Gasteiger partial charge in [-0.05, 0) is 24.9 Å². The molecule has 2 rings (SSSR count). The molecular weight excluding hydrogens is 214 g/mol. The van der Waals surface area contributed by atoms with Crippen LogP contribution in [0.2, 0.25) is 0 Å². The second-order valence-corrected chi connectivity index (χ2v) is 4.58. The van der Waals surface area contributed by atoms with Gasteiger partial charge in [-0.25, -0.2) is 0 Å². The molecule has 0 bridgehead atoms. The van der Waals surface area contributed by atoms with E-state index >= 15 is 0 Å². The van der Waals surface area contributed by atoms with Crippen LogP contribution in [0.15, 0.2) is 30.3 Å². The van der Waals surface area contributed by atoms with Crippen molar-refractivity contribution < 1.29 is 9.53 Å². The number of carbonyl (C=O) groups is 1. The van der Waals surface area contributed by atoms with Gasteiger partial charge in [-0.2, -0.15) is 0 Å². The fraction of sp³-hybridized carbons (Fsp3) is 0.500. The average Bonchev–Trinajstić information content (AvgIpc) is 2.39. The zero-order valence-electron chi connectivity index (χ0n) is 10.3. The molecule has 3 heteroatoms. The molecule has 0 aliphatic carbocycles. The molecule has 17 heavy (non-hydrogen) atoms. The summed E-state index contributed by atoms with van der Waals surface area (Å²) in [4.78, 5) is 13.8. The predicted molar refractivity (Wildman–Crippen MR) is 66.5 cm³/mol. The molecule has 1 saturated heterocycles. The van der Waals surface area contributed by atoms with Crippen molar-refractivity contribution in [1.29, 1.82) is 0 Å². The van der Waals surface area contributed by atoms with E-state index in [0.29, 0.717) is 0 Å². The number of hydrogen-bond donors (Lipinski definition) is 0. The first kappa shape index (κ1) is 12.1. The first-order valence-corrected chi connectivity index (χ1v) is 6.13. The fourth-order valence-corrected chi connectivity index (χ4v) is 2.40. The van der Waals surface area contributed by atoms with E-state index in [1.54, 1.807) is 0 Å². The van der Waals surface area contributed by atoms with Crippen LogP contribution in [0.1, 0.15) is 18.4 Å². The number of carbonyl (C=O) groups excluding carboxylic acids is 1. The second-order valence-electron chi connectivity index (χ2n) is 4.58. The van der Waals surface area contributed by atoms with E-state index in [4.69, 9.17) is 4.74 Å². The Balaban J connectivity index is 1.92. The van der Waals surface area contributed by atoms with E-state index in [-0.39, 0.29) is 11.9 Å². The molecule has 1 aliphatic rings. The van der Waals surface area contributed by atoms with Crippen LogP contribution in [0.25, 0.3) is 0 Å². The van der Waals surface area contributed by atoms with Gasteiger partial charge in [-0.1, -0.05) is 30.3 Å². The highest BCUT2D eigenvalue weighted by Gasteiger charge is 2.26. The summed E-state index contributed by atoms with van der Waals surface area (Å²) >= 11 is 0. The largest absolute Gasteiger partial charge is 0.469 e. The Morgan fingerprint density at radius 1 is 1.41 bits per heavy atom. The predicted octanol–water partition coefficient (Wildman–Crippen LogP) is 2.07.